The fourth-order valence-electron chi connectivity index (χ4n) is 2.17. The third-order valence-electron chi connectivity index (χ3n) is 3.17. The first kappa shape index (κ1) is 14.9. The third-order valence-corrected chi connectivity index (χ3v) is 3.17. The lowest BCUT2D eigenvalue weighted by Crippen LogP contribution is -2.22. The molecule has 0 spiro atoms. The molecule has 0 fully saturated rings. The van der Waals surface area contributed by atoms with Crippen molar-refractivity contribution in [1.29, 1.82) is 0 Å². The average Bonchev–Trinajstić information content (AvgIpc) is 2.97. The van der Waals surface area contributed by atoms with E-state index >= 15 is 0 Å². The van der Waals surface area contributed by atoms with Gasteiger partial charge in [0.2, 0.25) is 0 Å². The van der Waals surface area contributed by atoms with Crippen LogP contribution in [-0.2, 0) is 6.54 Å². The number of rotatable bonds is 7. The zero-order valence-electron chi connectivity index (χ0n) is 12.2. The van der Waals surface area contributed by atoms with Crippen molar-refractivity contribution in [1.82, 2.24) is 0 Å². The number of nitro benzene ring substituents is 1. The molecule has 0 atom stereocenters. The second-order valence-electron chi connectivity index (χ2n) is 4.62. The Morgan fingerprint density at radius 2 is 2.14 bits per heavy atom. The number of nitrogens with zero attached hydrogens (tertiary/aromatic N) is 2. The zero-order valence-corrected chi connectivity index (χ0v) is 12.2. The van der Waals surface area contributed by atoms with Crippen LogP contribution in [0.4, 0.5) is 17.1 Å². The van der Waals surface area contributed by atoms with Crippen molar-refractivity contribution in [2.24, 2.45) is 0 Å². The van der Waals surface area contributed by atoms with Crippen molar-refractivity contribution in [3.63, 3.8) is 0 Å². The Bertz CT molecular complexity index is 596. The Morgan fingerprint density at radius 3 is 2.71 bits per heavy atom. The fourth-order valence-corrected chi connectivity index (χ4v) is 2.17. The predicted octanol–water partition coefficient (Wildman–Crippen LogP) is 3.65. The highest BCUT2D eigenvalue weighted by molar-refractivity contribution is 5.64. The molecule has 2 aromatic rings. The molecule has 1 aromatic carbocycles. The number of hydrogen-bond acceptors (Lipinski definition) is 5. The number of furan rings is 1. The minimum absolute atomic E-state index is 0.0846. The van der Waals surface area contributed by atoms with E-state index in [1.165, 1.54) is 0 Å². The van der Waals surface area contributed by atoms with E-state index in [0.717, 1.165) is 23.7 Å². The van der Waals surface area contributed by atoms with Gasteiger partial charge in [-0.2, -0.15) is 0 Å². The Kier molecular flexibility index (Phi) is 4.81. The molecule has 21 heavy (non-hydrogen) atoms. The van der Waals surface area contributed by atoms with Gasteiger partial charge in [-0.15, -0.1) is 0 Å². The van der Waals surface area contributed by atoms with Crippen molar-refractivity contribution in [2.75, 3.05) is 23.3 Å². The average molecular weight is 289 g/mol. The molecule has 0 amide bonds. The molecule has 1 heterocycles. The van der Waals surface area contributed by atoms with E-state index < -0.39 is 0 Å². The Balaban J connectivity index is 2.32. The van der Waals surface area contributed by atoms with Gasteiger partial charge in [0, 0.05) is 36.6 Å². The molecule has 2 rings (SSSR count). The molecule has 0 aliphatic rings. The van der Waals surface area contributed by atoms with Gasteiger partial charge in [-0.1, -0.05) is 0 Å². The lowest BCUT2D eigenvalue weighted by atomic mass is 10.2. The quantitative estimate of drug-likeness (QED) is 0.622. The van der Waals surface area contributed by atoms with E-state index in [-0.39, 0.29) is 10.6 Å². The van der Waals surface area contributed by atoms with Crippen molar-refractivity contribution in [2.45, 2.75) is 20.4 Å². The van der Waals surface area contributed by atoms with E-state index in [4.69, 9.17) is 4.42 Å². The standard InChI is InChI=1S/C15H19N3O3/c1-3-16-12-8-13(10-14(9-12)18(19)20)17(4-2)11-15-6-5-7-21-15/h5-10,16H,3-4,11H2,1-2H3. The van der Waals surface area contributed by atoms with Crippen LogP contribution in [0.15, 0.2) is 41.0 Å². The highest BCUT2D eigenvalue weighted by atomic mass is 16.6. The fraction of sp³-hybridized carbons (Fsp3) is 0.333. The van der Waals surface area contributed by atoms with Gasteiger partial charge in [0.1, 0.15) is 5.76 Å². The largest absolute Gasteiger partial charge is 0.467 e. The number of hydrogen-bond donors (Lipinski definition) is 1. The maximum absolute atomic E-state index is 11.1. The van der Waals surface area contributed by atoms with Crippen molar-refractivity contribution < 1.29 is 9.34 Å². The van der Waals surface area contributed by atoms with E-state index in [1.807, 2.05) is 36.9 Å². The molecule has 0 aliphatic heterocycles. The lowest BCUT2D eigenvalue weighted by Gasteiger charge is -2.22. The van der Waals surface area contributed by atoms with Gasteiger partial charge in [-0.25, -0.2) is 0 Å². The monoisotopic (exact) mass is 289 g/mol. The van der Waals surface area contributed by atoms with E-state index in [9.17, 15) is 10.1 Å². The molecular formula is C15H19N3O3. The molecule has 1 N–H and O–H groups in total. The van der Waals surface area contributed by atoms with Crippen LogP contribution in [0.3, 0.4) is 0 Å². The summed E-state index contributed by atoms with van der Waals surface area (Å²) in [5, 5.41) is 14.2. The number of benzene rings is 1. The molecule has 0 radical (unpaired) electrons. The molecule has 112 valence electrons. The summed E-state index contributed by atoms with van der Waals surface area (Å²) in [7, 11) is 0. The molecule has 1 aromatic heterocycles. The summed E-state index contributed by atoms with van der Waals surface area (Å²) in [5.41, 5.74) is 1.64. The summed E-state index contributed by atoms with van der Waals surface area (Å²) in [4.78, 5) is 12.7. The van der Waals surface area contributed by atoms with Crippen LogP contribution in [-0.4, -0.2) is 18.0 Å². The summed E-state index contributed by atoms with van der Waals surface area (Å²) >= 11 is 0. The van der Waals surface area contributed by atoms with Crippen LogP contribution in [0.25, 0.3) is 0 Å². The number of nitrogens with one attached hydrogen (secondary N) is 1. The van der Waals surface area contributed by atoms with Gasteiger partial charge in [0.05, 0.1) is 17.7 Å². The number of nitro groups is 1. The second kappa shape index (κ2) is 6.78. The molecule has 6 heteroatoms. The highest BCUT2D eigenvalue weighted by Gasteiger charge is 2.14. The maximum atomic E-state index is 11.1. The maximum Gasteiger partial charge on any atom is 0.273 e. The van der Waals surface area contributed by atoms with Crippen LogP contribution in [0, 0.1) is 10.1 Å². The minimum atomic E-state index is -0.370. The first-order valence-electron chi connectivity index (χ1n) is 6.94. The minimum Gasteiger partial charge on any atom is -0.467 e. The molecule has 0 aliphatic carbocycles. The van der Waals surface area contributed by atoms with Gasteiger partial charge in [-0.3, -0.25) is 10.1 Å². The molecule has 0 saturated heterocycles. The Hall–Kier alpha value is -2.50. The smallest absolute Gasteiger partial charge is 0.273 e. The normalized spacial score (nSPS) is 10.4. The second-order valence-corrected chi connectivity index (χ2v) is 4.62. The van der Waals surface area contributed by atoms with Gasteiger partial charge in [-0.05, 0) is 32.0 Å². The summed E-state index contributed by atoms with van der Waals surface area (Å²) < 4.78 is 5.35. The Morgan fingerprint density at radius 1 is 1.33 bits per heavy atom. The van der Waals surface area contributed by atoms with Gasteiger partial charge >= 0.3 is 0 Å². The van der Waals surface area contributed by atoms with Gasteiger partial charge in [0.15, 0.2) is 0 Å². The topological polar surface area (TPSA) is 71.5 Å². The van der Waals surface area contributed by atoms with E-state index in [1.54, 1.807) is 18.4 Å². The zero-order chi connectivity index (χ0) is 15.2. The summed E-state index contributed by atoms with van der Waals surface area (Å²) in [6, 6.07) is 8.79. The van der Waals surface area contributed by atoms with Crippen LogP contribution in [0.1, 0.15) is 19.6 Å². The molecule has 0 saturated carbocycles. The first-order valence-corrected chi connectivity index (χ1v) is 6.94. The highest BCUT2D eigenvalue weighted by Crippen LogP contribution is 2.28. The molecule has 0 unspecified atom stereocenters. The molecule has 6 nitrogen and oxygen atoms in total. The van der Waals surface area contributed by atoms with Crippen molar-refractivity contribution in [3.8, 4) is 0 Å². The number of non-ortho nitro benzene ring substituents is 1. The van der Waals surface area contributed by atoms with Crippen molar-refractivity contribution in [3.05, 3.63) is 52.5 Å². The molecular weight excluding hydrogens is 270 g/mol. The lowest BCUT2D eigenvalue weighted by molar-refractivity contribution is -0.384. The van der Waals surface area contributed by atoms with Crippen LogP contribution in [0.5, 0.6) is 0 Å². The van der Waals surface area contributed by atoms with Gasteiger partial charge < -0.3 is 14.6 Å². The van der Waals surface area contributed by atoms with E-state index in [0.29, 0.717) is 13.1 Å². The van der Waals surface area contributed by atoms with Gasteiger partial charge in [0.25, 0.3) is 5.69 Å². The predicted molar refractivity (Wildman–Crippen MR) is 82.7 cm³/mol. The van der Waals surface area contributed by atoms with Crippen LogP contribution >= 0.6 is 0 Å². The van der Waals surface area contributed by atoms with Crippen LogP contribution < -0.4 is 10.2 Å². The SMILES string of the molecule is CCNc1cc(N(CC)Cc2ccco2)cc([N+](=O)[O-])c1. The summed E-state index contributed by atoms with van der Waals surface area (Å²) in [6.07, 6.45) is 1.63. The summed E-state index contributed by atoms with van der Waals surface area (Å²) in [5.74, 6) is 0.827. The van der Waals surface area contributed by atoms with E-state index in [2.05, 4.69) is 5.32 Å². The number of anilines is 2. The summed E-state index contributed by atoms with van der Waals surface area (Å²) in [6.45, 7) is 5.99. The Labute approximate surface area is 123 Å². The molecule has 0 bridgehead atoms. The first-order chi connectivity index (χ1) is 10.1. The van der Waals surface area contributed by atoms with Crippen molar-refractivity contribution >= 4 is 17.1 Å². The van der Waals surface area contributed by atoms with Crippen LogP contribution in [0.2, 0.25) is 0 Å². The third kappa shape index (κ3) is 3.75.